The van der Waals surface area contributed by atoms with Crippen LogP contribution in [-0.4, -0.2) is 18.5 Å². The minimum Gasteiger partial charge on any atom is -0.396 e. The van der Waals surface area contributed by atoms with Crippen molar-refractivity contribution in [3.63, 3.8) is 0 Å². The molecule has 4 heteroatoms. The van der Waals surface area contributed by atoms with Crippen LogP contribution in [0.4, 0.5) is 0 Å². The van der Waals surface area contributed by atoms with E-state index in [4.69, 9.17) is 5.90 Å². The van der Waals surface area contributed by atoms with Crippen LogP contribution in [0.1, 0.15) is 27.7 Å². The summed E-state index contributed by atoms with van der Waals surface area (Å²) >= 11 is 0. The maximum Gasteiger partial charge on any atom is 0.210 e. The molecule has 0 aliphatic rings. The van der Waals surface area contributed by atoms with Crippen LogP contribution in [0.25, 0.3) is 0 Å². The summed E-state index contributed by atoms with van der Waals surface area (Å²) in [5, 5.41) is 3.25. The Labute approximate surface area is 79.8 Å². The van der Waals surface area contributed by atoms with E-state index in [0.29, 0.717) is 11.9 Å². The number of nitrogens with one attached hydrogen (secondary N) is 1. The van der Waals surface area contributed by atoms with Crippen LogP contribution in [0.15, 0.2) is 16.8 Å². The molecule has 0 saturated carbocycles. The van der Waals surface area contributed by atoms with Gasteiger partial charge in [-0.3, -0.25) is 0 Å². The first kappa shape index (κ1) is 12.1. The third-order valence-electron chi connectivity index (χ3n) is 1.50. The van der Waals surface area contributed by atoms with Gasteiger partial charge in [0.2, 0.25) is 5.90 Å². The predicted molar refractivity (Wildman–Crippen MR) is 55.3 cm³/mol. The molecule has 13 heavy (non-hydrogen) atoms. The Morgan fingerprint density at radius 2 is 2.23 bits per heavy atom. The molecular formula is C9H19N3O. The minimum atomic E-state index is 0.448. The summed E-state index contributed by atoms with van der Waals surface area (Å²) in [6.45, 7) is 8.56. The fraction of sp³-hybridized carbons (Fsp3) is 0.667. The lowest BCUT2D eigenvalue weighted by molar-refractivity contribution is 0.317. The highest BCUT2D eigenvalue weighted by Gasteiger charge is 1.97. The lowest BCUT2D eigenvalue weighted by Crippen LogP contribution is -2.24. The number of nitrogens with two attached hydrogens (primary N) is 1. The fourth-order valence-electron chi connectivity index (χ4n) is 0.743. The van der Waals surface area contributed by atoms with Gasteiger partial charge in [-0.25, -0.2) is 4.99 Å². The summed E-state index contributed by atoms with van der Waals surface area (Å²) in [6.07, 6.45) is 1.93. The van der Waals surface area contributed by atoms with Crippen molar-refractivity contribution in [1.29, 1.82) is 0 Å². The summed E-state index contributed by atoms with van der Waals surface area (Å²) in [5.41, 5.74) is 0.927. The van der Waals surface area contributed by atoms with Gasteiger partial charge in [0, 0.05) is 19.5 Å². The van der Waals surface area contributed by atoms with Crippen LogP contribution in [0.5, 0.6) is 0 Å². The normalized spacial score (nSPS) is 13.7. The van der Waals surface area contributed by atoms with Crippen molar-refractivity contribution in [2.24, 2.45) is 10.9 Å². The third kappa shape index (κ3) is 6.31. The summed E-state index contributed by atoms with van der Waals surface area (Å²) < 4.78 is 0. The predicted octanol–water partition coefficient (Wildman–Crippen LogP) is 1.20. The molecular weight excluding hydrogens is 166 g/mol. The Bertz CT molecular complexity index is 197. The zero-order valence-corrected chi connectivity index (χ0v) is 8.79. The van der Waals surface area contributed by atoms with Gasteiger partial charge in [0.05, 0.1) is 5.70 Å². The minimum absolute atomic E-state index is 0.448. The van der Waals surface area contributed by atoms with E-state index in [1.807, 2.05) is 13.0 Å². The summed E-state index contributed by atoms with van der Waals surface area (Å²) in [4.78, 5) is 8.62. The molecule has 0 aromatic carbocycles. The summed E-state index contributed by atoms with van der Waals surface area (Å²) in [7, 11) is 0. The van der Waals surface area contributed by atoms with Crippen LogP contribution in [0.3, 0.4) is 0 Å². The smallest absolute Gasteiger partial charge is 0.210 e. The van der Waals surface area contributed by atoms with Crippen molar-refractivity contribution in [2.75, 3.05) is 6.54 Å². The quantitative estimate of drug-likeness (QED) is 0.393. The van der Waals surface area contributed by atoms with E-state index in [0.717, 1.165) is 12.2 Å². The van der Waals surface area contributed by atoms with Crippen LogP contribution in [0, 0.1) is 0 Å². The molecule has 0 aromatic heterocycles. The molecule has 0 saturated heterocycles. The van der Waals surface area contributed by atoms with Gasteiger partial charge in [0.15, 0.2) is 0 Å². The molecule has 0 heterocycles. The van der Waals surface area contributed by atoms with Gasteiger partial charge in [-0.05, 0) is 6.92 Å². The van der Waals surface area contributed by atoms with E-state index in [2.05, 4.69) is 29.0 Å². The topological polar surface area (TPSA) is 59.6 Å². The second-order valence-electron chi connectivity index (χ2n) is 3.06. The van der Waals surface area contributed by atoms with Gasteiger partial charge in [0.1, 0.15) is 0 Å². The molecule has 0 spiro atoms. The molecule has 0 rings (SSSR count). The highest BCUT2D eigenvalue weighted by molar-refractivity contribution is 5.73. The van der Waals surface area contributed by atoms with Gasteiger partial charge >= 0.3 is 0 Å². The zero-order chi connectivity index (χ0) is 10.3. The van der Waals surface area contributed by atoms with E-state index in [9.17, 15) is 0 Å². The second-order valence-corrected chi connectivity index (χ2v) is 3.06. The Balaban J connectivity index is 4.06. The van der Waals surface area contributed by atoms with E-state index >= 15 is 0 Å². The van der Waals surface area contributed by atoms with Crippen molar-refractivity contribution in [3.8, 4) is 0 Å². The number of hydrogen-bond acceptors (Lipinski definition) is 4. The number of allylic oxidation sites excluding steroid dienone is 1. The molecule has 3 N–H and O–H groups in total. The van der Waals surface area contributed by atoms with Gasteiger partial charge in [-0.1, -0.05) is 19.9 Å². The molecule has 0 unspecified atom stereocenters. The van der Waals surface area contributed by atoms with Gasteiger partial charge in [-0.2, -0.15) is 5.90 Å². The van der Waals surface area contributed by atoms with Crippen LogP contribution >= 0.6 is 0 Å². The first-order chi connectivity index (χ1) is 6.10. The van der Waals surface area contributed by atoms with Crippen molar-refractivity contribution in [1.82, 2.24) is 5.32 Å². The Morgan fingerprint density at radius 3 is 2.62 bits per heavy atom. The van der Waals surface area contributed by atoms with E-state index in [1.165, 1.54) is 0 Å². The first-order valence-corrected chi connectivity index (χ1v) is 4.40. The molecule has 0 atom stereocenters. The zero-order valence-electron chi connectivity index (χ0n) is 8.79. The Kier molecular flexibility index (Phi) is 6.18. The van der Waals surface area contributed by atoms with Gasteiger partial charge in [0.25, 0.3) is 0 Å². The van der Waals surface area contributed by atoms with E-state index < -0.39 is 0 Å². The summed E-state index contributed by atoms with van der Waals surface area (Å²) in [6, 6.07) is 0.448. The fourth-order valence-corrected chi connectivity index (χ4v) is 0.743. The lowest BCUT2D eigenvalue weighted by Gasteiger charge is -2.08. The highest BCUT2D eigenvalue weighted by Crippen LogP contribution is 1.96. The standard InChI is InChI=1S/C9H19N3O/c1-5-9(6-11-7(2)3)12-8(4)13-10/h5,7,11H,6,10H2,1-4H3/b9-5-,12-8?. The van der Waals surface area contributed by atoms with Crippen LogP contribution < -0.4 is 11.2 Å². The first-order valence-electron chi connectivity index (χ1n) is 4.40. The van der Waals surface area contributed by atoms with Crippen molar-refractivity contribution in [3.05, 3.63) is 11.8 Å². The number of nitrogens with zero attached hydrogens (tertiary/aromatic N) is 1. The maximum absolute atomic E-state index is 4.95. The molecule has 76 valence electrons. The average Bonchev–Trinajstić information content (AvgIpc) is 2.11. The maximum atomic E-state index is 4.95. The number of aliphatic imine (C=N–C) groups is 1. The monoisotopic (exact) mass is 185 g/mol. The molecule has 0 bridgehead atoms. The lowest BCUT2D eigenvalue weighted by atomic mass is 10.3. The molecule has 0 aliphatic carbocycles. The van der Waals surface area contributed by atoms with Crippen LogP contribution in [0.2, 0.25) is 0 Å². The molecule has 0 amide bonds. The molecule has 4 nitrogen and oxygen atoms in total. The van der Waals surface area contributed by atoms with Crippen molar-refractivity contribution >= 4 is 5.90 Å². The Hall–Kier alpha value is -0.870. The van der Waals surface area contributed by atoms with Gasteiger partial charge < -0.3 is 10.2 Å². The molecule has 0 fully saturated rings. The average molecular weight is 185 g/mol. The highest BCUT2D eigenvalue weighted by atomic mass is 16.6. The van der Waals surface area contributed by atoms with Crippen molar-refractivity contribution in [2.45, 2.75) is 33.7 Å². The molecule has 0 aliphatic heterocycles. The van der Waals surface area contributed by atoms with Gasteiger partial charge in [-0.15, -0.1) is 0 Å². The SMILES string of the molecule is C/C=C(/CNC(C)C)N=C(C)ON. The Morgan fingerprint density at radius 1 is 1.62 bits per heavy atom. The third-order valence-corrected chi connectivity index (χ3v) is 1.50. The molecule has 0 radical (unpaired) electrons. The van der Waals surface area contributed by atoms with E-state index in [1.54, 1.807) is 6.92 Å². The van der Waals surface area contributed by atoms with E-state index in [-0.39, 0.29) is 0 Å². The number of hydrogen-bond donors (Lipinski definition) is 2. The number of rotatable bonds is 4. The van der Waals surface area contributed by atoms with Crippen molar-refractivity contribution < 1.29 is 4.84 Å². The summed E-state index contributed by atoms with van der Waals surface area (Å²) in [5.74, 6) is 5.42. The second kappa shape index (κ2) is 6.62. The van der Waals surface area contributed by atoms with Crippen LogP contribution in [-0.2, 0) is 4.84 Å². The molecule has 0 aromatic rings. The largest absolute Gasteiger partial charge is 0.396 e.